The van der Waals surface area contributed by atoms with Gasteiger partial charge in [0.2, 0.25) is 0 Å². The van der Waals surface area contributed by atoms with Crippen LogP contribution in [0.4, 0.5) is 4.39 Å². The molecular formula is C10H9FO2. The maximum atomic E-state index is 12.8. The van der Waals surface area contributed by atoms with E-state index in [-0.39, 0.29) is 16.9 Å². The Morgan fingerprint density at radius 3 is 2.54 bits per heavy atom. The van der Waals surface area contributed by atoms with Gasteiger partial charge in [0, 0.05) is 11.1 Å². The lowest BCUT2D eigenvalue weighted by Crippen LogP contribution is -2.01. The summed E-state index contributed by atoms with van der Waals surface area (Å²) < 4.78 is 12.8. The molecule has 0 saturated carbocycles. The van der Waals surface area contributed by atoms with Crippen LogP contribution in [-0.4, -0.2) is 12.1 Å². The van der Waals surface area contributed by atoms with Gasteiger partial charge in [-0.1, -0.05) is 0 Å². The average Bonchev–Trinajstić information content (AvgIpc) is 2.08. The fourth-order valence-corrected chi connectivity index (χ4v) is 1.19. The van der Waals surface area contributed by atoms with E-state index in [4.69, 9.17) is 0 Å². The van der Waals surface area contributed by atoms with Crippen molar-refractivity contribution in [3.8, 4) is 0 Å². The molecule has 1 aromatic carbocycles. The molecule has 0 radical (unpaired) electrons. The number of Topliss-reactive ketones (excluding diaryl/α,β-unsaturated/α-hetero) is 1. The minimum Gasteiger partial charge on any atom is -0.298 e. The van der Waals surface area contributed by atoms with Gasteiger partial charge in [-0.15, -0.1) is 0 Å². The number of halogens is 1. The van der Waals surface area contributed by atoms with Crippen LogP contribution in [0.1, 0.15) is 33.2 Å². The number of hydrogen-bond donors (Lipinski definition) is 0. The third-order valence-corrected chi connectivity index (χ3v) is 1.92. The monoisotopic (exact) mass is 180 g/mol. The molecular weight excluding hydrogens is 171 g/mol. The van der Waals surface area contributed by atoms with Gasteiger partial charge in [0.25, 0.3) is 0 Å². The maximum Gasteiger partial charge on any atom is 0.160 e. The molecule has 1 aromatic rings. The smallest absolute Gasteiger partial charge is 0.160 e. The van der Waals surface area contributed by atoms with Crippen LogP contribution in [0.15, 0.2) is 12.1 Å². The zero-order valence-electron chi connectivity index (χ0n) is 7.43. The van der Waals surface area contributed by atoms with Gasteiger partial charge in [-0.05, 0) is 31.5 Å². The minimum absolute atomic E-state index is 0.227. The second kappa shape index (κ2) is 3.47. The summed E-state index contributed by atoms with van der Waals surface area (Å²) in [5.41, 5.74) is 1.02. The van der Waals surface area contributed by atoms with Crippen molar-refractivity contribution in [2.24, 2.45) is 0 Å². The molecule has 68 valence electrons. The van der Waals surface area contributed by atoms with E-state index in [9.17, 15) is 14.0 Å². The van der Waals surface area contributed by atoms with Crippen LogP contribution in [-0.2, 0) is 0 Å². The van der Waals surface area contributed by atoms with Gasteiger partial charge in [0.15, 0.2) is 5.78 Å². The van der Waals surface area contributed by atoms with E-state index in [1.54, 1.807) is 6.92 Å². The summed E-state index contributed by atoms with van der Waals surface area (Å²) in [5, 5.41) is 0. The van der Waals surface area contributed by atoms with E-state index >= 15 is 0 Å². The van der Waals surface area contributed by atoms with Crippen molar-refractivity contribution in [1.82, 2.24) is 0 Å². The summed E-state index contributed by atoms with van der Waals surface area (Å²) in [5.74, 6) is -0.794. The number of hydrogen-bond acceptors (Lipinski definition) is 2. The molecule has 0 N–H and O–H groups in total. The lowest BCUT2D eigenvalue weighted by Gasteiger charge is -2.04. The molecule has 0 saturated heterocycles. The normalized spacial score (nSPS) is 9.77. The van der Waals surface area contributed by atoms with Gasteiger partial charge in [0.05, 0.1) is 0 Å². The summed E-state index contributed by atoms with van der Waals surface area (Å²) in [6.45, 7) is 2.97. The summed E-state index contributed by atoms with van der Waals surface area (Å²) in [6, 6.07) is 2.26. The fraction of sp³-hybridized carbons (Fsp3) is 0.200. The summed E-state index contributed by atoms with van der Waals surface area (Å²) in [4.78, 5) is 21.5. The van der Waals surface area contributed by atoms with Gasteiger partial charge < -0.3 is 0 Å². The van der Waals surface area contributed by atoms with Crippen LogP contribution in [0, 0.1) is 12.7 Å². The molecule has 0 aliphatic carbocycles. The van der Waals surface area contributed by atoms with Crippen molar-refractivity contribution in [3.05, 3.63) is 34.6 Å². The molecule has 1 rings (SSSR count). The molecule has 0 bridgehead atoms. The van der Waals surface area contributed by atoms with Gasteiger partial charge in [0.1, 0.15) is 12.1 Å². The molecule has 0 aromatic heterocycles. The summed E-state index contributed by atoms with van der Waals surface area (Å²) >= 11 is 0. The number of ketones is 1. The first-order chi connectivity index (χ1) is 6.06. The molecule has 0 aliphatic heterocycles. The van der Waals surface area contributed by atoms with Gasteiger partial charge in [-0.3, -0.25) is 9.59 Å². The van der Waals surface area contributed by atoms with E-state index in [2.05, 4.69) is 0 Å². The van der Waals surface area contributed by atoms with Crippen molar-refractivity contribution in [3.63, 3.8) is 0 Å². The average molecular weight is 180 g/mol. The zero-order chi connectivity index (χ0) is 10.0. The Morgan fingerprint density at radius 1 is 1.46 bits per heavy atom. The molecule has 0 unspecified atom stereocenters. The number of carbonyl (C=O) groups is 2. The van der Waals surface area contributed by atoms with Gasteiger partial charge >= 0.3 is 0 Å². The predicted molar refractivity (Wildman–Crippen MR) is 46.5 cm³/mol. The number of carbonyl (C=O) groups excluding carboxylic acids is 2. The second-order valence-electron chi connectivity index (χ2n) is 2.84. The van der Waals surface area contributed by atoms with Crippen LogP contribution in [0.2, 0.25) is 0 Å². The fourth-order valence-electron chi connectivity index (χ4n) is 1.19. The first-order valence-electron chi connectivity index (χ1n) is 3.82. The minimum atomic E-state index is -0.557. The number of aldehydes is 1. The van der Waals surface area contributed by atoms with Crippen LogP contribution in [0.5, 0.6) is 0 Å². The summed E-state index contributed by atoms with van der Waals surface area (Å²) in [7, 11) is 0. The molecule has 3 heteroatoms. The highest BCUT2D eigenvalue weighted by Crippen LogP contribution is 2.15. The van der Waals surface area contributed by atoms with Crippen LogP contribution < -0.4 is 0 Å². The van der Waals surface area contributed by atoms with Crippen molar-refractivity contribution in [1.29, 1.82) is 0 Å². The second-order valence-corrected chi connectivity index (χ2v) is 2.84. The molecule has 0 amide bonds. The lowest BCUT2D eigenvalue weighted by molar-refractivity contribution is 0.101. The largest absolute Gasteiger partial charge is 0.298 e. The molecule has 0 fully saturated rings. The van der Waals surface area contributed by atoms with E-state index in [0.29, 0.717) is 11.8 Å². The Hall–Kier alpha value is -1.51. The van der Waals surface area contributed by atoms with Gasteiger partial charge in [-0.25, -0.2) is 4.39 Å². The Bertz CT molecular complexity index is 369. The molecule has 0 spiro atoms. The van der Waals surface area contributed by atoms with Crippen LogP contribution >= 0.6 is 0 Å². The van der Waals surface area contributed by atoms with Crippen LogP contribution in [0.3, 0.4) is 0 Å². The predicted octanol–water partition coefficient (Wildman–Crippen LogP) is 2.15. The third kappa shape index (κ3) is 1.80. The zero-order valence-corrected chi connectivity index (χ0v) is 7.43. The topological polar surface area (TPSA) is 34.1 Å². The number of benzene rings is 1. The highest BCUT2D eigenvalue weighted by molar-refractivity contribution is 5.97. The van der Waals surface area contributed by atoms with E-state index < -0.39 is 5.82 Å². The van der Waals surface area contributed by atoms with E-state index in [0.717, 1.165) is 12.1 Å². The summed E-state index contributed by atoms with van der Waals surface area (Å²) in [6.07, 6.45) is 0.546. The maximum absolute atomic E-state index is 12.8. The van der Waals surface area contributed by atoms with E-state index in [1.165, 1.54) is 6.92 Å². The molecule has 0 heterocycles. The van der Waals surface area contributed by atoms with Crippen molar-refractivity contribution in [2.75, 3.05) is 0 Å². The molecule has 0 aliphatic rings. The highest BCUT2D eigenvalue weighted by Gasteiger charge is 2.09. The first kappa shape index (κ1) is 9.58. The third-order valence-electron chi connectivity index (χ3n) is 1.92. The Kier molecular flexibility index (Phi) is 2.56. The van der Waals surface area contributed by atoms with E-state index in [1.807, 2.05) is 0 Å². The van der Waals surface area contributed by atoms with Crippen molar-refractivity contribution >= 4 is 12.1 Å². The SMILES string of the molecule is CC(=O)c1cc(F)cc(C=O)c1C. The Morgan fingerprint density at radius 2 is 2.08 bits per heavy atom. The highest BCUT2D eigenvalue weighted by atomic mass is 19.1. The Balaban J connectivity index is 3.44. The molecule has 2 nitrogen and oxygen atoms in total. The van der Waals surface area contributed by atoms with Crippen LogP contribution in [0.25, 0.3) is 0 Å². The number of rotatable bonds is 2. The first-order valence-corrected chi connectivity index (χ1v) is 3.82. The standard InChI is InChI=1S/C10H9FO2/c1-6-8(5-12)3-9(11)4-10(6)7(2)13/h3-5H,1-2H3. The lowest BCUT2D eigenvalue weighted by atomic mass is 10.0. The Labute approximate surface area is 75.4 Å². The van der Waals surface area contributed by atoms with Gasteiger partial charge in [-0.2, -0.15) is 0 Å². The quantitative estimate of drug-likeness (QED) is 0.516. The van der Waals surface area contributed by atoms with Crippen molar-refractivity contribution < 1.29 is 14.0 Å². The van der Waals surface area contributed by atoms with Crippen molar-refractivity contribution in [2.45, 2.75) is 13.8 Å². The molecule has 13 heavy (non-hydrogen) atoms. The molecule has 0 atom stereocenters.